The van der Waals surface area contributed by atoms with Crippen LogP contribution in [0, 0.1) is 0 Å². The fourth-order valence-electron chi connectivity index (χ4n) is 5.00. The van der Waals surface area contributed by atoms with Crippen molar-refractivity contribution >= 4 is 31.6 Å². The van der Waals surface area contributed by atoms with Gasteiger partial charge in [-0.1, -0.05) is 12.5 Å². The van der Waals surface area contributed by atoms with Gasteiger partial charge in [0.25, 0.3) is 5.91 Å². The molecule has 200 valence electrons. The summed E-state index contributed by atoms with van der Waals surface area (Å²) in [5.41, 5.74) is 1.61. The molecule has 3 heterocycles. The van der Waals surface area contributed by atoms with Crippen LogP contribution in [0.15, 0.2) is 82.8 Å². The number of piperidine rings is 1. The highest BCUT2D eigenvalue weighted by molar-refractivity contribution is 7.89. The average Bonchev–Trinajstić information content (AvgIpc) is 3.50. The van der Waals surface area contributed by atoms with E-state index in [1.54, 1.807) is 28.8 Å². The van der Waals surface area contributed by atoms with Gasteiger partial charge in [0.15, 0.2) is 0 Å². The van der Waals surface area contributed by atoms with E-state index in [9.17, 15) is 21.6 Å². The number of carbonyl (C=O) groups is 1. The first-order valence-corrected chi connectivity index (χ1v) is 15.6. The van der Waals surface area contributed by atoms with Crippen molar-refractivity contribution in [1.82, 2.24) is 13.6 Å². The van der Waals surface area contributed by atoms with E-state index in [1.807, 2.05) is 12.1 Å². The zero-order valence-corrected chi connectivity index (χ0v) is 22.5. The summed E-state index contributed by atoms with van der Waals surface area (Å²) >= 11 is 0. The molecule has 2 aliphatic heterocycles. The Hall–Kier alpha value is -3.12. The number of sulfonamides is 2. The summed E-state index contributed by atoms with van der Waals surface area (Å²) in [7, 11) is -7.30. The SMILES string of the molecule is O=C(Nc1ccc(S(=O)(=O)N2CCCC[C@H]2c2cccnc2)cc1)c1ccc(S(=O)(=O)N2CCCC2)cc1. The monoisotopic (exact) mass is 554 g/mol. The fraction of sp³-hybridized carbons (Fsp3) is 0.333. The van der Waals surface area contributed by atoms with Gasteiger partial charge in [-0.05, 0) is 85.8 Å². The maximum atomic E-state index is 13.5. The molecule has 0 unspecified atom stereocenters. The number of nitrogens with one attached hydrogen (secondary N) is 1. The van der Waals surface area contributed by atoms with Crippen molar-refractivity contribution in [3.05, 3.63) is 84.2 Å². The van der Waals surface area contributed by atoms with E-state index in [2.05, 4.69) is 10.3 Å². The molecule has 11 heteroatoms. The maximum absolute atomic E-state index is 13.5. The van der Waals surface area contributed by atoms with Gasteiger partial charge < -0.3 is 5.32 Å². The third kappa shape index (κ3) is 5.37. The Kier molecular flexibility index (Phi) is 7.62. The Morgan fingerprint density at radius 1 is 0.789 bits per heavy atom. The largest absolute Gasteiger partial charge is 0.322 e. The summed E-state index contributed by atoms with van der Waals surface area (Å²) in [6.07, 6.45) is 7.56. The highest BCUT2D eigenvalue weighted by Crippen LogP contribution is 2.35. The molecule has 1 N–H and O–H groups in total. The molecule has 0 radical (unpaired) electrons. The molecule has 1 amide bonds. The molecule has 5 rings (SSSR count). The lowest BCUT2D eigenvalue weighted by Crippen LogP contribution is -2.38. The van der Waals surface area contributed by atoms with E-state index >= 15 is 0 Å². The van der Waals surface area contributed by atoms with Crippen molar-refractivity contribution in [3.8, 4) is 0 Å². The Morgan fingerprint density at radius 2 is 1.42 bits per heavy atom. The lowest BCUT2D eigenvalue weighted by atomic mass is 9.99. The second-order valence-electron chi connectivity index (χ2n) is 9.53. The molecule has 2 saturated heterocycles. The van der Waals surface area contributed by atoms with Crippen LogP contribution in [0.2, 0.25) is 0 Å². The molecule has 9 nitrogen and oxygen atoms in total. The van der Waals surface area contributed by atoms with Crippen LogP contribution >= 0.6 is 0 Å². The first-order chi connectivity index (χ1) is 18.3. The van der Waals surface area contributed by atoms with Crippen molar-refractivity contribution in [2.45, 2.75) is 47.9 Å². The molecule has 0 aliphatic carbocycles. The Bertz CT molecular complexity index is 1490. The van der Waals surface area contributed by atoms with Crippen molar-refractivity contribution in [2.24, 2.45) is 0 Å². The van der Waals surface area contributed by atoms with E-state index in [1.165, 1.54) is 40.7 Å². The van der Waals surface area contributed by atoms with Gasteiger partial charge >= 0.3 is 0 Å². The minimum Gasteiger partial charge on any atom is -0.322 e. The van der Waals surface area contributed by atoms with Gasteiger partial charge in [0, 0.05) is 43.3 Å². The van der Waals surface area contributed by atoms with Crippen LogP contribution in [-0.4, -0.2) is 56.0 Å². The van der Waals surface area contributed by atoms with E-state index in [-0.39, 0.29) is 15.8 Å². The lowest BCUT2D eigenvalue weighted by molar-refractivity contribution is 0.102. The Balaban J connectivity index is 1.28. The molecule has 0 bridgehead atoms. The highest BCUT2D eigenvalue weighted by Gasteiger charge is 2.34. The van der Waals surface area contributed by atoms with Crippen LogP contribution in [0.3, 0.4) is 0 Å². The summed E-state index contributed by atoms with van der Waals surface area (Å²) in [6, 6.07) is 15.4. The van der Waals surface area contributed by atoms with Gasteiger partial charge in [-0.25, -0.2) is 16.8 Å². The molecule has 1 atom stereocenters. The van der Waals surface area contributed by atoms with Crippen LogP contribution in [0.4, 0.5) is 5.69 Å². The molecule has 2 aliphatic rings. The predicted octanol–water partition coefficient (Wildman–Crippen LogP) is 4.03. The normalized spacial score (nSPS) is 19.3. The van der Waals surface area contributed by atoms with Gasteiger partial charge in [0.1, 0.15) is 0 Å². The number of pyridine rings is 1. The Morgan fingerprint density at radius 3 is 2.08 bits per heavy atom. The van der Waals surface area contributed by atoms with Crippen LogP contribution < -0.4 is 5.32 Å². The van der Waals surface area contributed by atoms with E-state index in [0.717, 1.165) is 37.7 Å². The second kappa shape index (κ2) is 10.9. The number of aromatic nitrogens is 1. The molecule has 38 heavy (non-hydrogen) atoms. The van der Waals surface area contributed by atoms with Crippen LogP contribution in [0.25, 0.3) is 0 Å². The van der Waals surface area contributed by atoms with Crippen molar-refractivity contribution in [2.75, 3.05) is 25.0 Å². The van der Waals surface area contributed by atoms with Gasteiger partial charge in [0.05, 0.1) is 15.8 Å². The molecule has 0 spiro atoms. The first-order valence-electron chi connectivity index (χ1n) is 12.7. The molecular formula is C27H30N4O5S2. The fourth-order valence-corrected chi connectivity index (χ4v) is 8.20. The number of amides is 1. The van der Waals surface area contributed by atoms with Gasteiger partial charge in [-0.15, -0.1) is 0 Å². The maximum Gasteiger partial charge on any atom is 0.255 e. The molecule has 1 aromatic heterocycles. The molecule has 2 aromatic carbocycles. The summed E-state index contributed by atoms with van der Waals surface area (Å²) in [6.45, 7) is 1.46. The average molecular weight is 555 g/mol. The molecule has 2 fully saturated rings. The van der Waals surface area contributed by atoms with E-state index in [4.69, 9.17) is 0 Å². The lowest BCUT2D eigenvalue weighted by Gasteiger charge is -2.34. The minimum atomic E-state index is -3.75. The topological polar surface area (TPSA) is 117 Å². The quantitative estimate of drug-likeness (QED) is 0.471. The molecular weight excluding hydrogens is 524 g/mol. The summed E-state index contributed by atoms with van der Waals surface area (Å²) in [5.74, 6) is -0.418. The van der Waals surface area contributed by atoms with Crippen LogP contribution in [-0.2, 0) is 20.0 Å². The molecule has 0 saturated carbocycles. The number of rotatable bonds is 7. The second-order valence-corrected chi connectivity index (χ2v) is 13.4. The Labute approximate surface area is 223 Å². The van der Waals surface area contributed by atoms with Crippen LogP contribution in [0.1, 0.15) is 54.1 Å². The van der Waals surface area contributed by atoms with Gasteiger partial charge in [-0.2, -0.15) is 8.61 Å². The standard InChI is InChI=1S/C27H30N4O5S2/c32-27(21-8-12-24(13-9-21)37(33,34)30-17-3-4-18-30)29-23-10-14-25(15-11-23)38(35,36)31-19-2-1-7-26(31)22-6-5-16-28-20-22/h5-6,8-16,20,26H,1-4,7,17-19H2,(H,29,32)/t26-/m0/s1. The zero-order chi connectivity index (χ0) is 26.8. The number of nitrogens with zero attached hydrogens (tertiary/aromatic N) is 3. The highest BCUT2D eigenvalue weighted by atomic mass is 32.2. The smallest absolute Gasteiger partial charge is 0.255 e. The van der Waals surface area contributed by atoms with Crippen LogP contribution in [0.5, 0.6) is 0 Å². The van der Waals surface area contributed by atoms with Crippen molar-refractivity contribution in [1.29, 1.82) is 0 Å². The number of anilines is 1. The number of hydrogen-bond donors (Lipinski definition) is 1. The number of benzene rings is 2. The summed E-state index contributed by atoms with van der Waals surface area (Å²) in [5, 5.41) is 2.75. The number of carbonyl (C=O) groups excluding carboxylic acids is 1. The first kappa shape index (κ1) is 26.5. The summed E-state index contributed by atoms with van der Waals surface area (Å²) < 4.78 is 55.4. The van der Waals surface area contributed by atoms with E-state index in [0.29, 0.717) is 30.9 Å². The minimum absolute atomic E-state index is 0.155. The summed E-state index contributed by atoms with van der Waals surface area (Å²) in [4.78, 5) is 17.2. The van der Waals surface area contributed by atoms with Gasteiger partial charge in [-0.3, -0.25) is 9.78 Å². The van der Waals surface area contributed by atoms with Crippen molar-refractivity contribution in [3.63, 3.8) is 0 Å². The third-order valence-corrected chi connectivity index (χ3v) is 10.9. The van der Waals surface area contributed by atoms with Crippen molar-refractivity contribution < 1.29 is 21.6 Å². The molecule has 3 aromatic rings. The van der Waals surface area contributed by atoms with E-state index < -0.39 is 26.0 Å². The van der Waals surface area contributed by atoms with Gasteiger partial charge in [0.2, 0.25) is 20.0 Å². The number of hydrogen-bond acceptors (Lipinski definition) is 6. The zero-order valence-electron chi connectivity index (χ0n) is 20.9. The third-order valence-electron chi connectivity index (χ3n) is 7.06. The predicted molar refractivity (Wildman–Crippen MR) is 144 cm³/mol.